The molecule has 0 radical (unpaired) electrons. The van der Waals surface area contributed by atoms with Gasteiger partial charge >= 0.3 is 0 Å². The quantitative estimate of drug-likeness (QED) is 0.774. The maximum atomic E-state index is 6.11. The molecule has 0 spiro atoms. The molecule has 3 rings (SSSR count). The summed E-state index contributed by atoms with van der Waals surface area (Å²) in [6, 6.07) is 6.55. The largest absolute Gasteiger partial charge is 0.497 e. The van der Waals surface area contributed by atoms with Crippen molar-refractivity contribution in [3.63, 3.8) is 0 Å². The Labute approximate surface area is 124 Å². The van der Waals surface area contributed by atoms with Gasteiger partial charge in [-0.1, -0.05) is 12.8 Å². The molecule has 2 aromatic rings. The first-order chi connectivity index (χ1) is 9.74. The summed E-state index contributed by atoms with van der Waals surface area (Å²) in [4.78, 5) is 4.68. The Kier molecular flexibility index (Phi) is 3.88. The molecule has 20 heavy (non-hydrogen) atoms. The molecule has 0 bridgehead atoms. The van der Waals surface area contributed by atoms with E-state index in [4.69, 9.17) is 16.3 Å². The van der Waals surface area contributed by atoms with Crippen LogP contribution in [0, 0.1) is 5.92 Å². The third kappa shape index (κ3) is 2.28. The van der Waals surface area contributed by atoms with E-state index >= 15 is 0 Å². The summed E-state index contributed by atoms with van der Waals surface area (Å²) in [5.41, 5.74) is 2.14. The minimum absolute atomic E-state index is 0.452. The molecular weight excluding hydrogens is 272 g/mol. The van der Waals surface area contributed by atoms with Gasteiger partial charge in [-0.15, -0.1) is 11.6 Å². The highest BCUT2D eigenvalue weighted by Gasteiger charge is 2.26. The van der Waals surface area contributed by atoms with E-state index in [9.17, 15) is 0 Å². The van der Waals surface area contributed by atoms with Crippen LogP contribution in [0.15, 0.2) is 18.2 Å². The van der Waals surface area contributed by atoms with E-state index in [0.29, 0.717) is 11.9 Å². The Morgan fingerprint density at radius 2 is 2.15 bits per heavy atom. The second-order valence-electron chi connectivity index (χ2n) is 5.67. The molecule has 1 heterocycles. The maximum absolute atomic E-state index is 6.11. The van der Waals surface area contributed by atoms with Gasteiger partial charge in [-0.25, -0.2) is 4.98 Å². The van der Waals surface area contributed by atoms with Gasteiger partial charge in [-0.3, -0.25) is 0 Å². The topological polar surface area (TPSA) is 27.1 Å². The van der Waals surface area contributed by atoms with E-state index in [1.54, 1.807) is 7.11 Å². The van der Waals surface area contributed by atoms with Crippen LogP contribution in [0.1, 0.15) is 44.5 Å². The number of hydrogen-bond donors (Lipinski definition) is 0. The standard InChI is InChI=1S/C16H21ClN2O/c1-11(12-5-3-4-6-12)19-15-8-7-13(20-2)9-14(15)18-16(19)10-17/h7-9,11-12H,3-6,10H2,1-2H3. The zero-order chi connectivity index (χ0) is 14.1. The Morgan fingerprint density at radius 3 is 2.80 bits per heavy atom. The van der Waals surface area contributed by atoms with Crippen molar-refractivity contribution in [2.75, 3.05) is 7.11 Å². The van der Waals surface area contributed by atoms with Crippen LogP contribution < -0.4 is 4.74 Å². The van der Waals surface area contributed by atoms with Crippen molar-refractivity contribution in [1.82, 2.24) is 9.55 Å². The van der Waals surface area contributed by atoms with E-state index < -0.39 is 0 Å². The van der Waals surface area contributed by atoms with Crippen LogP contribution >= 0.6 is 11.6 Å². The monoisotopic (exact) mass is 292 g/mol. The summed E-state index contributed by atoms with van der Waals surface area (Å²) in [6.07, 6.45) is 5.34. The van der Waals surface area contributed by atoms with Crippen LogP contribution in [0.2, 0.25) is 0 Å². The molecule has 3 nitrogen and oxygen atoms in total. The number of fused-ring (bicyclic) bond motifs is 1. The van der Waals surface area contributed by atoms with E-state index in [1.165, 1.54) is 31.2 Å². The van der Waals surface area contributed by atoms with Gasteiger partial charge in [0.15, 0.2) is 0 Å². The Bertz CT molecular complexity index is 602. The van der Waals surface area contributed by atoms with Crippen molar-refractivity contribution in [2.45, 2.75) is 44.5 Å². The van der Waals surface area contributed by atoms with E-state index in [-0.39, 0.29) is 0 Å². The first-order valence-electron chi connectivity index (χ1n) is 7.35. The molecule has 1 unspecified atom stereocenters. The average Bonchev–Trinajstić information content (AvgIpc) is 3.12. The third-order valence-corrected chi connectivity index (χ3v) is 4.82. The zero-order valence-electron chi connectivity index (χ0n) is 12.1. The minimum atomic E-state index is 0.452. The number of alkyl halides is 1. The lowest BCUT2D eigenvalue weighted by molar-refractivity contribution is 0.362. The van der Waals surface area contributed by atoms with Gasteiger partial charge in [0, 0.05) is 12.1 Å². The fourth-order valence-electron chi connectivity index (χ4n) is 3.45. The highest BCUT2D eigenvalue weighted by atomic mass is 35.5. The number of benzene rings is 1. The van der Waals surface area contributed by atoms with Crippen molar-refractivity contribution in [2.24, 2.45) is 5.92 Å². The minimum Gasteiger partial charge on any atom is -0.497 e. The second kappa shape index (κ2) is 5.65. The Hall–Kier alpha value is -1.22. The smallest absolute Gasteiger partial charge is 0.125 e. The van der Waals surface area contributed by atoms with Gasteiger partial charge < -0.3 is 9.30 Å². The van der Waals surface area contributed by atoms with Gasteiger partial charge in [-0.2, -0.15) is 0 Å². The number of halogens is 1. The summed E-state index contributed by atoms with van der Waals surface area (Å²) >= 11 is 6.11. The number of nitrogens with zero attached hydrogens (tertiary/aromatic N) is 2. The molecule has 1 aliphatic rings. The molecule has 1 aromatic heterocycles. The lowest BCUT2D eigenvalue weighted by atomic mass is 9.99. The number of imidazole rings is 1. The lowest BCUT2D eigenvalue weighted by Gasteiger charge is -2.23. The second-order valence-corrected chi connectivity index (χ2v) is 5.94. The summed E-state index contributed by atoms with van der Waals surface area (Å²) in [6.45, 7) is 2.30. The molecule has 108 valence electrons. The van der Waals surface area contributed by atoms with Crippen LogP contribution in [0.4, 0.5) is 0 Å². The Balaban J connectivity index is 2.07. The summed E-state index contributed by atoms with van der Waals surface area (Å²) < 4.78 is 7.61. The van der Waals surface area contributed by atoms with Crippen molar-refractivity contribution in [1.29, 1.82) is 0 Å². The molecule has 0 amide bonds. The van der Waals surface area contributed by atoms with Crippen LogP contribution in [0.3, 0.4) is 0 Å². The number of ether oxygens (including phenoxy) is 1. The first-order valence-corrected chi connectivity index (χ1v) is 7.89. The molecule has 1 saturated carbocycles. The number of aromatic nitrogens is 2. The van der Waals surface area contributed by atoms with Crippen LogP contribution in [-0.4, -0.2) is 16.7 Å². The molecule has 1 atom stereocenters. The molecule has 1 aromatic carbocycles. The van der Waals surface area contributed by atoms with Crippen molar-refractivity contribution < 1.29 is 4.74 Å². The molecular formula is C16H21ClN2O. The van der Waals surface area contributed by atoms with Crippen LogP contribution in [0.25, 0.3) is 11.0 Å². The van der Waals surface area contributed by atoms with Gasteiger partial charge in [0.25, 0.3) is 0 Å². The van der Waals surface area contributed by atoms with E-state index in [1.807, 2.05) is 12.1 Å². The predicted octanol–water partition coefficient (Wildman–Crippen LogP) is 4.53. The van der Waals surface area contributed by atoms with E-state index in [0.717, 1.165) is 23.0 Å². The van der Waals surface area contributed by atoms with Crippen molar-refractivity contribution in [3.8, 4) is 5.75 Å². The molecule has 0 saturated heterocycles. The summed E-state index contributed by atoms with van der Waals surface area (Å²) in [7, 11) is 1.68. The maximum Gasteiger partial charge on any atom is 0.125 e. The first kappa shape index (κ1) is 13.7. The summed E-state index contributed by atoms with van der Waals surface area (Å²) in [5.74, 6) is 3.01. The predicted molar refractivity (Wildman–Crippen MR) is 82.5 cm³/mol. The fourth-order valence-corrected chi connectivity index (χ4v) is 3.64. The van der Waals surface area contributed by atoms with Crippen molar-refractivity contribution >= 4 is 22.6 Å². The average molecular weight is 293 g/mol. The summed E-state index contributed by atoms with van der Waals surface area (Å²) in [5, 5.41) is 0. The SMILES string of the molecule is COc1ccc2c(c1)nc(CCl)n2C(C)C1CCCC1. The highest BCUT2D eigenvalue weighted by molar-refractivity contribution is 6.16. The number of rotatable bonds is 4. The number of methoxy groups -OCH3 is 1. The zero-order valence-corrected chi connectivity index (χ0v) is 12.9. The molecule has 0 N–H and O–H groups in total. The van der Waals surface area contributed by atoms with Gasteiger partial charge in [0.1, 0.15) is 11.6 Å². The van der Waals surface area contributed by atoms with E-state index in [2.05, 4.69) is 22.5 Å². The third-order valence-electron chi connectivity index (χ3n) is 4.58. The highest BCUT2D eigenvalue weighted by Crippen LogP contribution is 2.37. The molecule has 0 aliphatic heterocycles. The lowest BCUT2D eigenvalue weighted by Crippen LogP contribution is -2.16. The number of hydrogen-bond acceptors (Lipinski definition) is 2. The Morgan fingerprint density at radius 1 is 1.40 bits per heavy atom. The molecule has 1 fully saturated rings. The molecule has 4 heteroatoms. The van der Waals surface area contributed by atoms with Gasteiger partial charge in [-0.05, 0) is 37.8 Å². The van der Waals surface area contributed by atoms with Crippen molar-refractivity contribution in [3.05, 3.63) is 24.0 Å². The van der Waals surface area contributed by atoms with Gasteiger partial charge in [0.05, 0.1) is 24.0 Å². The van der Waals surface area contributed by atoms with Crippen LogP contribution in [0.5, 0.6) is 5.75 Å². The molecule has 1 aliphatic carbocycles. The normalized spacial score (nSPS) is 17.8. The fraction of sp³-hybridized carbons (Fsp3) is 0.562. The van der Waals surface area contributed by atoms with Crippen LogP contribution in [-0.2, 0) is 5.88 Å². The van der Waals surface area contributed by atoms with Gasteiger partial charge in [0.2, 0.25) is 0 Å².